The Hall–Kier alpha value is -1.35. The molecule has 3 nitrogen and oxygen atoms in total. The Labute approximate surface area is 108 Å². The third-order valence-electron chi connectivity index (χ3n) is 3.86. The topological polar surface area (TPSA) is 40.5 Å². The van der Waals surface area contributed by atoms with Gasteiger partial charge in [0.05, 0.1) is 12.5 Å². The smallest absolute Gasteiger partial charge is 0.227 e. The Morgan fingerprint density at radius 1 is 1.50 bits per heavy atom. The lowest BCUT2D eigenvalue weighted by atomic mass is 10.0. The molecule has 1 heterocycles. The van der Waals surface area contributed by atoms with Gasteiger partial charge in [0.1, 0.15) is 0 Å². The van der Waals surface area contributed by atoms with Gasteiger partial charge >= 0.3 is 0 Å². The fourth-order valence-electron chi connectivity index (χ4n) is 2.49. The molecule has 0 aliphatic carbocycles. The van der Waals surface area contributed by atoms with Crippen molar-refractivity contribution < 1.29 is 9.90 Å². The van der Waals surface area contributed by atoms with Gasteiger partial charge in [-0.1, -0.05) is 24.3 Å². The molecule has 0 spiro atoms. The second-order valence-corrected chi connectivity index (χ2v) is 5.23. The Morgan fingerprint density at radius 2 is 2.22 bits per heavy atom. The van der Waals surface area contributed by atoms with E-state index in [-0.39, 0.29) is 17.9 Å². The molecular weight excluding hydrogens is 226 g/mol. The minimum Gasteiger partial charge on any atom is -0.393 e. The molecule has 3 heteroatoms. The summed E-state index contributed by atoms with van der Waals surface area (Å²) in [5.74, 6) is 0.415. The van der Waals surface area contributed by atoms with Crippen molar-refractivity contribution in [1.29, 1.82) is 0 Å². The van der Waals surface area contributed by atoms with Crippen LogP contribution in [0.2, 0.25) is 0 Å². The molecule has 98 valence electrons. The van der Waals surface area contributed by atoms with Gasteiger partial charge < -0.3 is 10.0 Å². The standard InChI is InChI=1S/C15H21NO2/c1-11-5-3-4-6-13(11)9-15(18)16-8-7-14(10-16)12(2)17/h3-6,12,14,17H,7-10H2,1-2H3. The summed E-state index contributed by atoms with van der Waals surface area (Å²) in [5.41, 5.74) is 2.26. The second kappa shape index (κ2) is 5.53. The predicted octanol–water partition coefficient (Wildman–Crippen LogP) is 1.77. The molecule has 1 fully saturated rings. The number of aliphatic hydroxyl groups is 1. The number of benzene rings is 1. The van der Waals surface area contributed by atoms with E-state index in [1.54, 1.807) is 6.92 Å². The Kier molecular flexibility index (Phi) is 4.02. The summed E-state index contributed by atoms with van der Waals surface area (Å²) in [6.07, 6.45) is 1.07. The van der Waals surface area contributed by atoms with E-state index in [1.165, 1.54) is 0 Å². The molecule has 2 unspecified atom stereocenters. The van der Waals surface area contributed by atoms with Crippen LogP contribution in [0.5, 0.6) is 0 Å². The summed E-state index contributed by atoms with van der Waals surface area (Å²) in [6.45, 7) is 5.31. The number of nitrogens with zero attached hydrogens (tertiary/aromatic N) is 1. The van der Waals surface area contributed by atoms with E-state index >= 15 is 0 Å². The van der Waals surface area contributed by atoms with E-state index in [0.717, 1.165) is 24.1 Å². The van der Waals surface area contributed by atoms with Gasteiger partial charge in [-0.25, -0.2) is 0 Å². The van der Waals surface area contributed by atoms with Crippen molar-refractivity contribution in [3.8, 4) is 0 Å². The van der Waals surface area contributed by atoms with Crippen molar-refractivity contribution in [3.05, 3.63) is 35.4 Å². The molecule has 0 saturated carbocycles. The van der Waals surface area contributed by atoms with E-state index in [1.807, 2.05) is 36.1 Å². The van der Waals surface area contributed by atoms with E-state index in [0.29, 0.717) is 13.0 Å². The summed E-state index contributed by atoms with van der Waals surface area (Å²) in [4.78, 5) is 14.1. The number of hydrogen-bond donors (Lipinski definition) is 1. The Balaban J connectivity index is 1.96. The highest BCUT2D eigenvalue weighted by atomic mass is 16.3. The minimum absolute atomic E-state index is 0.174. The van der Waals surface area contributed by atoms with Crippen molar-refractivity contribution in [3.63, 3.8) is 0 Å². The molecule has 1 aliphatic heterocycles. The monoisotopic (exact) mass is 247 g/mol. The highest BCUT2D eigenvalue weighted by molar-refractivity contribution is 5.79. The molecule has 1 aromatic carbocycles. The average Bonchev–Trinajstić information content (AvgIpc) is 2.81. The maximum atomic E-state index is 12.2. The second-order valence-electron chi connectivity index (χ2n) is 5.23. The number of likely N-dealkylation sites (tertiary alicyclic amines) is 1. The molecule has 1 amide bonds. The number of carbonyl (C=O) groups excluding carboxylic acids is 1. The van der Waals surface area contributed by atoms with Gasteiger partial charge in [0.2, 0.25) is 5.91 Å². The van der Waals surface area contributed by atoms with Gasteiger partial charge in [0.25, 0.3) is 0 Å². The lowest BCUT2D eigenvalue weighted by Crippen LogP contribution is -2.31. The number of rotatable bonds is 3. The van der Waals surface area contributed by atoms with Crippen LogP contribution in [-0.2, 0) is 11.2 Å². The van der Waals surface area contributed by atoms with E-state index in [2.05, 4.69) is 0 Å². The van der Waals surface area contributed by atoms with Gasteiger partial charge in [-0.05, 0) is 31.4 Å². The number of aliphatic hydroxyl groups excluding tert-OH is 1. The highest BCUT2D eigenvalue weighted by Gasteiger charge is 2.28. The van der Waals surface area contributed by atoms with E-state index in [4.69, 9.17) is 0 Å². The van der Waals surface area contributed by atoms with Crippen molar-refractivity contribution in [1.82, 2.24) is 4.90 Å². The molecule has 18 heavy (non-hydrogen) atoms. The lowest BCUT2D eigenvalue weighted by Gasteiger charge is -2.18. The van der Waals surface area contributed by atoms with Crippen molar-refractivity contribution in [2.24, 2.45) is 5.92 Å². The lowest BCUT2D eigenvalue weighted by molar-refractivity contribution is -0.129. The summed E-state index contributed by atoms with van der Waals surface area (Å²) >= 11 is 0. The molecular formula is C15H21NO2. The van der Waals surface area contributed by atoms with Crippen LogP contribution in [-0.4, -0.2) is 35.1 Å². The van der Waals surface area contributed by atoms with Crippen LogP contribution in [0.3, 0.4) is 0 Å². The van der Waals surface area contributed by atoms with Gasteiger partial charge in [-0.2, -0.15) is 0 Å². The predicted molar refractivity (Wildman–Crippen MR) is 71.3 cm³/mol. The summed E-state index contributed by atoms with van der Waals surface area (Å²) in [5, 5.41) is 9.55. The normalized spacial score (nSPS) is 21.1. The fraction of sp³-hybridized carbons (Fsp3) is 0.533. The summed E-state index contributed by atoms with van der Waals surface area (Å²) in [7, 11) is 0. The first-order valence-electron chi connectivity index (χ1n) is 6.58. The van der Waals surface area contributed by atoms with Crippen LogP contribution < -0.4 is 0 Å². The van der Waals surface area contributed by atoms with Crippen molar-refractivity contribution in [2.75, 3.05) is 13.1 Å². The quantitative estimate of drug-likeness (QED) is 0.884. The first-order chi connectivity index (χ1) is 8.58. The SMILES string of the molecule is Cc1ccccc1CC(=O)N1CCC(C(C)O)C1. The molecule has 0 aromatic heterocycles. The minimum atomic E-state index is -0.318. The zero-order valence-electron chi connectivity index (χ0n) is 11.1. The van der Waals surface area contributed by atoms with Crippen LogP contribution in [0.15, 0.2) is 24.3 Å². The first kappa shape index (κ1) is 13.1. The van der Waals surface area contributed by atoms with E-state index < -0.39 is 0 Å². The number of aryl methyl sites for hydroxylation is 1. The van der Waals surface area contributed by atoms with Gasteiger partial charge in [-0.15, -0.1) is 0 Å². The molecule has 0 radical (unpaired) electrons. The molecule has 2 atom stereocenters. The van der Waals surface area contributed by atoms with Crippen molar-refractivity contribution >= 4 is 5.91 Å². The van der Waals surface area contributed by atoms with Crippen LogP contribution in [0.25, 0.3) is 0 Å². The third-order valence-corrected chi connectivity index (χ3v) is 3.86. The maximum Gasteiger partial charge on any atom is 0.227 e. The molecule has 2 rings (SSSR count). The van der Waals surface area contributed by atoms with Crippen molar-refractivity contribution in [2.45, 2.75) is 32.8 Å². The van der Waals surface area contributed by atoms with Gasteiger partial charge in [0.15, 0.2) is 0 Å². The number of amides is 1. The third kappa shape index (κ3) is 2.91. The summed E-state index contributed by atoms with van der Waals surface area (Å²) in [6, 6.07) is 8.00. The van der Waals surface area contributed by atoms with Crippen LogP contribution in [0, 0.1) is 12.8 Å². The fourth-order valence-corrected chi connectivity index (χ4v) is 2.49. The van der Waals surface area contributed by atoms with E-state index in [9.17, 15) is 9.90 Å². The molecule has 1 aliphatic rings. The molecule has 0 bridgehead atoms. The van der Waals surface area contributed by atoms with Gasteiger partial charge in [-0.3, -0.25) is 4.79 Å². The largest absolute Gasteiger partial charge is 0.393 e. The zero-order valence-corrected chi connectivity index (χ0v) is 11.1. The summed E-state index contributed by atoms with van der Waals surface area (Å²) < 4.78 is 0. The maximum absolute atomic E-state index is 12.2. The van der Waals surface area contributed by atoms with Crippen LogP contribution in [0.4, 0.5) is 0 Å². The molecule has 1 saturated heterocycles. The zero-order chi connectivity index (χ0) is 13.1. The van der Waals surface area contributed by atoms with Crippen LogP contribution >= 0.6 is 0 Å². The number of carbonyl (C=O) groups is 1. The first-order valence-corrected chi connectivity index (χ1v) is 6.58. The Bertz CT molecular complexity index is 428. The number of hydrogen-bond acceptors (Lipinski definition) is 2. The molecule has 1 N–H and O–H groups in total. The van der Waals surface area contributed by atoms with Gasteiger partial charge in [0, 0.05) is 19.0 Å². The van der Waals surface area contributed by atoms with Crippen LogP contribution in [0.1, 0.15) is 24.5 Å². The Morgan fingerprint density at radius 3 is 2.83 bits per heavy atom. The molecule has 1 aromatic rings. The highest BCUT2D eigenvalue weighted by Crippen LogP contribution is 2.20. The average molecular weight is 247 g/mol.